The van der Waals surface area contributed by atoms with Gasteiger partial charge in [-0.25, -0.2) is 9.13 Å². The first kappa shape index (κ1) is 96.1. The van der Waals surface area contributed by atoms with Crippen molar-refractivity contribution in [3.63, 3.8) is 0 Å². The van der Waals surface area contributed by atoms with E-state index in [1.807, 2.05) is 0 Å². The van der Waals surface area contributed by atoms with Crippen molar-refractivity contribution in [1.82, 2.24) is 0 Å². The summed E-state index contributed by atoms with van der Waals surface area (Å²) in [5, 5.41) is 10.6. The molecule has 98 heavy (non-hydrogen) atoms. The fraction of sp³-hybridized carbons (Fsp3) is 0.949. The molecule has 0 fully saturated rings. The predicted octanol–water partition coefficient (Wildman–Crippen LogP) is 23.2. The molecule has 0 saturated carbocycles. The molecule has 0 radical (unpaired) electrons. The van der Waals surface area contributed by atoms with Gasteiger partial charge in [0.05, 0.1) is 26.4 Å². The van der Waals surface area contributed by atoms with Gasteiger partial charge in [-0.3, -0.25) is 37.3 Å². The number of ether oxygens (including phenoxy) is 4. The van der Waals surface area contributed by atoms with Crippen molar-refractivity contribution in [2.75, 3.05) is 39.6 Å². The van der Waals surface area contributed by atoms with Crippen LogP contribution in [-0.4, -0.2) is 96.7 Å². The SMILES string of the molecule is CCC(C)CCCCCCCCCCCCC(=O)OC[C@H](COP(=O)(O)OC[C@@H](O)COP(=O)(O)OC[C@@H](COC(=O)CCCCCCCCCCCC(C)C)OC(=O)CCCCCCCCCCCCC(C)CC)OC(=O)CCCCCCCCCCCCCCCCCC(C)C. The molecule has 4 unspecified atom stereocenters. The number of aliphatic hydroxyl groups excluding tert-OH is 1. The molecule has 0 aromatic carbocycles. The largest absolute Gasteiger partial charge is 0.472 e. The zero-order valence-corrected chi connectivity index (χ0v) is 66.2. The lowest BCUT2D eigenvalue weighted by atomic mass is 9.99. The van der Waals surface area contributed by atoms with Gasteiger partial charge in [-0.15, -0.1) is 0 Å². The van der Waals surface area contributed by atoms with Crippen LogP contribution in [0.5, 0.6) is 0 Å². The molecule has 0 spiro atoms. The second kappa shape index (κ2) is 68.2. The highest BCUT2D eigenvalue weighted by Crippen LogP contribution is 2.45. The van der Waals surface area contributed by atoms with Gasteiger partial charge in [0.1, 0.15) is 19.3 Å². The van der Waals surface area contributed by atoms with Crippen molar-refractivity contribution in [1.29, 1.82) is 0 Å². The molecule has 0 aromatic heterocycles. The Labute approximate surface area is 600 Å². The highest BCUT2D eigenvalue weighted by Gasteiger charge is 2.30. The van der Waals surface area contributed by atoms with Gasteiger partial charge < -0.3 is 33.8 Å². The molecule has 7 atom stereocenters. The Morgan fingerprint density at radius 1 is 0.286 bits per heavy atom. The van der Waals surface area contributed by atoms with Gasteiger partial charge in [-0.2, -0.15) is 0 Å². The molecule has 0 aliphatic rings. The van der Waals surface area contributed by atoms with Crippen LogP contribution in [0, 0.1) is 23.7 Å². The number of carbonyl (C=O) groups excluding carboxylic acids is 4. The minimum absolute atomic E-state index is 0.106. The van der Waals surface area contributed by atoms with Crippen LogP contribution < -0.4 is 0 Å². The summed E-state index contributed by atoms with van der Waals surface area (Å²) in [6.45, 7) is 14.3. The molecule has 0 amide bonds. The third-order valence-electron chi connectivity index (χ3n) is 19.0. The Morgan fingerprint density at radius 3 is 0.724 bits per heavy atom. The summed E-state index contributed by atoms with van der Waals surface area (Å²) in [6.07, 6.45) is 53.9. The molecular weight excluding hydrogens is 1280 g/mol. The number of phosphoric ester groups is 2. The quantitative estimate of drug-likeness (QED) is 0.0222. The van der Waals surface area contributed by atoms with Crippen LogP contribution >= 0.6 is 15.6 Å². The number of unbranched alkanes of at least 4 members (excludes halogenated alkanes) is 40. The maximum absolute atomic E-state index is 13.1. The normalized spacial score (nSPS) is 14.6. The van der Waals surface area contributed by atoms with E-state index in [-0.39, 0.29) is 25.7 Å². The van der Waals surface area contributed by atoms with E-state index in [2.05, 4.69) is 55.4 Å². The average Bonchev–Trinajstić information content (AvgIpc) is 1.12. The summed E-state index contributed by atoms with van der Waals surface area (Å²) in [5.74, 6) is 1.04. The van der Waals surface area contributed by atoms with Crippen molar-refractivity contribution in [2.24, 2.45) is 23.7 Å². The molecule has 0 heterocycles. The Hall–Kier alpha value is -1.94. The fourth-order valence-electron chi connectivity index (χ4n) is 12.0. The standard InChI is InChI=1S/C79H154O17P2/c1-9-71(7)57-49-41-33-25-18-20-27-35-43-51-59-76(81)89-65-74(95-78(83)61-53-45-37-28-17-15-13-11-12-14-16-23-31-39-47-55-69(3)4)67-93-97(85,86)91-63-73(80)64-92-98(87,88)94-68-75(66-90-77(82)60-52-44-36-30-22-24-32-40-48-56-70(5)6)96-79(84)62-54-46-38-29-21-19-26-34-42-50-58-72(8)10-2/h69-75,80H,9-68H2,1-8H3,(H,85,86)(H,87,88)/t71?,72?,73-,74-,75-/m1/s1. The van der Waals surface area contributed by atoms with Crippen molar-refractivity contribution in [3.05, 3.63) is 0 Å². The highest BCUT2D eigenvalue weighted by molar-refractivity contribution is 7.47. The van der Waals surface area contributed by atoms with Crippen LogP contribution in [-0.2, 0) is 65.4 Å². The molecule has 0 bridgehead atoms. The average molecular weight is 1440 g/mol. The van der Waals surface area contributed by atoms with Crippen molar-refractivity contribution >= 4 is 39.5 Å². The van der Waals surface area contributed by atoms with Gasteiger partial charge in [-0.1, -0.05) is 351 Å². The van der Waals surface area contributed by atoms with E-state index in [0.717, 1.165) is 114 Å². The van der Waals surface area contributed by atoms with Crippen molar-refractivity contribution in [2.45, 2.75) is 420 Å². The summed E-state index contributed by atoms with van der Waals surface area (Å²) in [7, 11) is -9.92. The maximum Gasteiger partial charge on any atom is 0.472 e. The van der Waals surface area contributed by atoms with Crippen LogP contribution in [0.3, 0.4) is 0 Å². The summed E-state index contributed by atoms with van der Waals surface area (Å²) in [6, 6.07) is 0. The molecule has 0 rings (SSSR count). The Bertz CT molecular complexity index is 1920. The summed E-state index contributed by atoms with van der Waals surface area (Å²) >= 11 is 0. The molecule has 17 nitrogen and oxygen atoms in total. The summed E-state index contributed by atoms with van der Waals surface area (Å²) < 4.78 is 68.7. The third kappa shape index (κ3) is 69.8. The minimum atomic E-state index is -4.96. The second-order valence-corrected chi connectivity index (χ2v) is 32.8. The first-order valence-electron chi connectivity index (χ1n) is 40.8. The Morgan fingerprint density at radius 2 is 0.490 bits per heavy atom. The maximum atomic E-state index is 13.1. The molecule has 0 aliphatic carbocycles. The molecule has 19 heteroatoms. The van der Waals surface area contributed by atoms with Gasteiger partial charge in [0.2, 0.25) is 0 Å². The predicted molar refractivity (Wildman–Crippen MR) is 400 cm³/mol. The molecule has 582 valence electrons. The lowest BCUT2D eigenvalue weighted by Gasteiger charge is -2.21. The van der Waals surface area contributed by atoms with Gasteiger partial charge in [-0.05, 0) is 49.4 Å². The molecule has 0 aliphatic heterocycles. The second-order valence-electron chi connectivity index (χ2n) is 29.9. The van der Waals surface area contributed by atoms with Crippen LogP contribution in [0.2, 0.25) is 0 Å². The zero-order chi connectivity index (χ0) is 72.4. The molecule has 0 saturated heterocycles. The highest BCUT2D eigenvalue weighted by atomic mass is 31.2. The van der Waals surface area contributed by atoms with E-state index in [9.17, 15) is 43.2 Å². The van der Waals surface area contributed by atoms with E-state index in [1.54, 1.807) is 0 Å². The number of hydrogen-bond acceptors (Lipinski definition) is 15. The topological polar surface area (TPSA) is 237 Å². The lowest BCUT2D eigenvalue weighted by molar-refractivity contribution is -0.161. The number of aliphatic hydroxyl groups is 1. The smallest absolute Gasteiger partial charge is 0.462 e. The zero-order valence-electron chi connectivity index (χ0n) is 64.4. The van der Waals surface area contributed by atoms with Gasteiger partial charge in [0.15, 0.2) is 12.2 Å². The van der Waals surface area contributed by atoms with E-state index in [4.69, 9.17) is 37.0 Å². The van der Waals surface area contributed by atoms with Gasteiger partial charge >= 0.3 is 39.5 Å². The number of phosphoric acid groups is 2. The third-order valence-corrected chi connectivity index (χ3v) is 20.9. The fourth-order valence-corrected chi connectivity index (χ4v) is 13.6. The first-order valence-corrected chi connectivity index (χ1v) is 43.8. The van der Waals surface area contributed by atoms with Crippen molar-refractivity contribution < 1.29 is 80.2 Å². The molecular formula is C79H154O17P2. The lowest BCUT2D eigenvalue weighted by Crippen LogP contribution is -2.30. The van der Waals surface area contributed by atoms with Crippen LogP contribution in [0.15, 0.2) is 0 Å². The monoisotopic (exact) mass is 1440 g/mol. The summed E-state index contributed by atoms with van der Waals surface area (Å²) in [5.41, 5.74) is 0. The van der Waals surface area contributed by atoms with E-state index >= 15 is 0 Å². The van der Waals surface area contributed by atoms with Crippen LogP contribution in [0.1, 0.15) is 402 Å². The minimum Gasteiger partial charge on any atom is -0.462 e. The van der Waals surface area contributed by atoms with Gasteiger partial charge in [0, 0.05) is 25.7 Å². The van der Waals surface area contributed by atoms with E-state index in [0.29, 0.717) is 25.7 Å². The summed E-state index contributed by atoms with van der Waals surface area (Å²) in [4.78, 5) is 73.0. The van der Waals surface area contributed by atoms with E-state index in [1.165, 1.54) is 205 Å². The van der Waals surface area contributed by atoms with Crippen molar-refractivity contribution in [3.8, 4) is 0 Å². The van der Waals surface area contributed by atoms with Crippen LogP contribution in [0.4, 0.5) is 0 Å². The Balaban J connectivity index is 5.28. The van der Waals surface area contributed by atoms with Crippen LogP contribution in [0.25, 0.3) is 0 Å². The number of esters is 4. The molecule has 0 aromatic rings. The Kier molecular flexibility index (Phi) is 66.8. The van der Waals surface area contributed by atoms with Gasteiger partial charge in [0.25, 0.3) is 0 Å². The number of hydrogen-bond donors (Lipinski definition) is 3. The van der Waals surface area contributed by atoms with E-state index < -0.39 is 97.5 Å². The molecule has 3 N–H and O–H groups in total. The first-order chi connectivity index (χ1) is 47.2. The number of carbonyl (C=O) groups is 4. The number of rotatable bonds is 76.